The van der Waals surface area contributed by atoms with Crippen molar-refractivity contribution in [1.82, 2.24) is 20.5 Å². The molecule has 0 radical (unpaired) electrons. The van der Waals surface area contributed by atoms with E-state index in [1.54, 1.807) is 11.7 Å². The SMILES string of the molecule is CC(C)CC[C@@]1(C2CCNCC2)NC(=O)N(Cc2cncs2)C1=O. The summed E-state index contributed by atoms with van der Waals surface area (Å²) in [6.07, 6.45) is 5.24. The van der Waals surface area contributed by atoms with Crippen LogP contribution in [0.3, 0.4) is 0 Å². The fourth-order valence-electron chi connectivity index (χ4n) is 3.75. The zero-order valence-electron chi connectivity index (χ0n) is 14.4. The molecule has 2 aliphatic rings. The van der Waals surface area contributed by atoms with Gasteiger partial charge in [0.05, 0.1) is 12.1 Å². The highest BCUT2D eigenvalue weighted by atomic mass is 32.1. The highest BCUT2D eigenvalue weighted by Crippen LogP contribution is 2.37. The van der Waals surface area contributed by atoms with Crippen molar-refractivity contribution < 1.29 is 9.59 Å². The topological polar surface area (TPSA) is 74.3 Å². The smallest absolute Gasteiger partial charge is 0.323 e. The summed E-state index contributed by atoms with van der Waals surface area (Å²) in [4.78, 5) is 32.2. The first-order chi connectivity index (χ1) is 11.5. The predicted octanol–water partition coefficient (Wildman–Crippen LogP) is 2.37. The Morgan fingerprint density at radius 2 is 2.12 bits per heavy atom. The Morgan fingerprint density at radius 1 is 1.38 bits per heavy atom. The second kappa shape index (κ2) is 7.19. The number of hydrogen-bond donors (Lipinski definition) is 2. The van der Waals surface area contributed by atoms with Crippen LogP contribution in [0.1, 0.15) is 44.4 Å². The van der Waals surface area contributed by atoms with Crippen LogP contribution in [-0.4, -0.2) is 40.5 Å². The number of carbonyl (C=O) groups is 2. The van der Waals surface area contributed by atoms with Crippen LogP contribution in [0.2, 0.25) is 0 Å². The standard InChI is InChI=1S/C17H26N4O2S/c1-12(2)3-6-17(13-4-7-18-8-5-13)15(22)21(16(23)20-17)10-14-9-19-11-24-14/h9,11-13,18H,3-8,10H2,1-2H3,(H,20,23)/t17-/m0/s1. The Hall–Kier alpha value is -1.47. The van der Waals surface area contributed by atoms with Gasteiger partial charge in [0.15, 0.2) is 0 Å². The summed E-state index contributed by atoms with van der Waals surface area (Å²) in [5.74, 6) is 0.665. The summed E-state index contributed by atoms with van der Waals surface area (Å²) in [5, 5.41) is 6.45. The fraction of sp³-hybridized carbons (Fsp3) is 0.706. The van der Waals surface area contributed by atoms with Crippen LogP contribution < -0.4 is 10.6 Å². The summed E-state index contributed by atoms with van der Waals surface area (Å²) in [5.41, 5.74) is 1.00. The molecule has 2 fully saturated rings. The normalized spacial score (nSPS) is 25.5. The van der Waals surface area contributed by atoms with E-state index in [0.717, 1.165) is 43.6 Å². The quantitative estimate of drug-likeness (QED) is 0.773. The van der Waals surface area contributed by atoms with Crippen LogP contribution in [0.25, 0.3) is 0 Å². The highest BCUT2D eigenvalue weighted by molar-refractivity contribution is 7.09. The van der Waals surface area contributed by atoms with Gasteiger partial charge in [-0.15, -0.1) is 11.3 Å². The van der Waals surface area contributed by atoms with Crippen LogP contribution in [0.5, 0.6) is 0 Å². The van der Waals surface area contributed by atoms with Crippen molar-refractivity contribution in [3.63, 3.8) is 0 Å². The predicted molar refractivity (Wildman–Crippen MR) is 93.6 cm³/mol. The molecule has 3 heterocycles. The third kappa shape index (κ3) is 3.32. The van der Waals surface area contributed by atoms with Crippen molar-refractivity contribution in [2.75, 3.05) is 13.1 Å². The van der Waals surface area contributed by atoms with Crippen molar-refractivity contribution >= 4 is 23.3 Å². The molecule has 0 bridgehead atoms. The molecule has 2 N–H and O–H groups in total. The number of carbonyl (C=O) groups excluding carboxylic acids is 2. The van der Waals surface area contributed by atoms with Crippen molar-refractivity contribution in [3.8, 4) is 0 Å². The van der Waals surface area contributed by atoms with Gasteiger partial charge in [-0.05, 0) is 50.6 Å². The summed E-state index contributed by atoms with van der Waals surface area (Å²) in [6.45, 7) is 6.46. The second-order valence-electron chi connectivity index (χ2n) is 7.22. The molecular weight excluding hydrogens is 324 g/mol. The maximum absolute atomic E-state index is 13.3. The maximum atomic E-state index is 13.3. The molecule has 2 saturated heterocycles. The Balaban J connectivity index is 1.84. The monoisotopic (exact) mass is 350 g/mol. The fourth-order valence-corrected chi connectivity index (χ4v) is 4.33. The minimum atomic E-state index is -0.728. The van der Waals surface area contributed by atoms with Gasteiger partial charge in [-0.1, -0.05) is 13.8 Å². The van der Waals surface area contributed by atoms with Gasteiger partial charge in [0.25, 0.3) is 5.91 Å². The molecule has 3 amide bonds. The lowest BCUT2D eigenvalue weighted by Gasteiger charge is -2.38. The number of nitrogens with zero attached hydrogens (tertiary/aromatic N) is 2. The van der Waals surface area contributed by atoms with E-state index in [2.05, 4.69) is 29.5 Å². The summed E-state index contributed by atoms with van der Waals surface area (Å²) in [7, 11) is 0. The summed E-state index contributed by atoms with van der Waals surface area (Å²) >= 11 is 1.47. The Morgan fingerprint density at radius 3 is 2.75 bits per heavy atom. The van der Waals surface area contributed by atoms with Crippen molar-refractivity contribution in [3.05, 3.63) is 16.6 Å². The van der Waals surface area contributed by atoms with E-state index in [1.807, 2.05) is 0 Å². The number of urea groups is 1. The van der Waals surface area contributed by atoms with Gasteiger partial charge < -0.3 is 10.6 Å². The lowest BCUT2D eigenvalue weighted by atomic mass is 9.74. The van der Waals surface area contributed by atoms with Gasteiger partial charge in [0.1, 0.15) is 5.54 Å². The average molecular weight is 350 g/mol. The number of piperidine rings is 1. The molecule has 132 valence electrons. The number of amides is 3. The molecule has 0 aliphatic carbocycles. The lowest BCUT2D eigenvalue weighted by Crippen LogP contribution is -2.55. The van der Waals surface area contributed by atoms with E-state index in [-0.39, 0.29) is 17.9 Å². The first-order valence-electron chi connectivity index (χ1n) is 8.75. The molecule has 1 aromatic heterocycles. The Labute approximate surface area is 147 Å². The Kier molecular flexibility index (Phi) is 5.20. The molecule has 2 aliphatic heterocycles. The number of thiazole rings is 1. The van der Waals surface area contributed by atoms with E-state index >= 15 is 0 Å². The maximum Gasteiger partial charge on any atom is 0.325 e. The molecule has 1 aromatic rings. The average Bonchev–Trinajstić information content (AvgIpc) is 3.17. The molecule has 0 aromatic carbocycles. The van der Waals surface area contributed by atoms with E-state index in [1.165, 1.54) is 16.2 Å². The zero-order chi connectivity index (χ0) is 17.2. The molecule has 0 spiro atoms. The van der Waals surface area contributed by atoms with E-state index < -0.39 is 5.54 Å². The molecule has 24 heavy (non-hydrogen) atoms. The van der Waals surface area contributed by atoms with Crippen LogP contribution in [0, 0.1) is 11.8 Å². The number of hydrogen-bond acceptors (Lipinski definition) is 5. The summed E-state index contributed by atoms with van der Waals surface area (Å²) < 4.78 is 0. The second-order valence-corrected chi connectivity index (χ2v) is 8.19. The lowest BCUT2D eigenvalue weighted by molar-refractivity contribution is -0.134. The van der Waals surface area contributed by atoms with Crippen molar-refractivity contribution in [2.45, 2.75) is 51.6 Å². The van der Waals surface area contributed by atoms with Crippen molar-refractivity contribution in [1.29, 1.82) is 0 Å². The Bertz CT molecular complexity index is 583. The first-order valence-corrected chi connectivity index (χ1v) is 9.63. The highest BCUT2D eigenvalue weighted by Gasteiger charge is 2.55. The van der Waals surface area contributed by atoms with Crippen LogP contribution in [0.15, 0.2) is 11.7 Å². The third-order valence-corrected chi connectivity index (χ3v) is 5.92. The molecule has 7 heteroatoms. The van der Waals surface area contributed by atoms with E-state index in [0.29, 0.717) is 12.5 Å². The van der Waals surface area contributed by atoms with Gasteiger partial charge in [-0.25, -0.2) is 4.79 Å². The minimum Gasteiger partial charge on any atom is -0.323 e. The zero-order valence-corrected chi connectivity index (χ0v) is 15.2. The number of rotatable bonds is 6. The van der Waals surface area contributed by atoms with Gasteiger partial charge in [-0.2, -0.15) is 0 Å². The molecule has 0 unspecified atom stereocenters. The minimum absolute atomic E-state index is 0.0477. The van der Waals surface area contributed by atoms with Gasteiger partial charge >= 0.3 is 6.03 Å². The largest absolute Gasteiger partial charge is 0.325 e. The number of imide groups is 1. The van der Waals surface area contributed by atoms with Gasteiger partial charge in [-0.3, -0.25) is 14.7 Å². The van der Waals surface area contributed by atoms with Crippen LogP contribution in [0.4, 0.5) is 4.79 Å². The molecule has 3 rings (SSSR count). The van der Waals surface area contributed by atoms with Crippen LogP contribution >= 0.6 is 11.3 Å². The molecular formula is C17H26N4O2S. The number of nitrogens with one attached hydrogen (secondary N) is 2. The summed E-state index contributed by atoms with van der Waals surface area (Å²) in [6, 6.07) is -0.254. The van der Waals surface area contributed by atoms with Gasteiger partial charge in [0.2, 0.25) is 0 Å². The molecule has 0 saturated carbocycles. The third-order valence-electron chi connectivity index (χ3n) is 5.15. The molecule has 6 nitrogen and oxygen atoms in total. The van der Waals surface area contributed by atoms with E-state index in [9.17, 15) is 9.59 Å². The van der Waals surface area contributed by atoms with Gasteiger partial charge in [0, 0.05) is 11.1 Å². The van der Waals surface area contributed by atoms with E-state index in [4.69, 9.17) is 0 Å². The van der Waals surface area contributed by atoms with Crippen molar-refractivity contribution in [2.24, 2.45) is 11.8 Å². The van der Waals surface area contributed by atoms with Crippen LogP contribution in [-0.2, 0) is 11.3 Å². The molecule has 1 atom stereocenters. The first kappa shape index (κ1) is 17.4. The number of aromatic nitrogens is 1.